The van der Waals surface area contributed by atoms with Gasteiger partial charge in [0.25, 0.3) is 0 Å². The number of nitrogens with zero attached hydrogens (tertiary/aromatic N) is 2. The Morgan fingerprint density at radius 3 is 2.43 bits per heavy atom. The van der Waals surface area contributed by atoms with Gasteiger partial charge in [0, 0.05) is 32.1 Å². The average molecular weight is 294 g/mol. The van der Waals surface area contributed by atoms with Crippen LogP contribution in [0.3, 0.4) is 0 Å². The van der Waals surface area contributed by atoms with Crippen molar-refractivity contribution in [1.82, 2.24) is 15.5 Å². The van der Waals surface area contributed by atoms with E-state index in [-0.39, 0.29) is 11.8 Å². The van der Waals surface area contributed by atoms with Crippen molar-refractivity contribution in [3.63, 3.8) is 0 Å². The van der Waals surface area contributed by atoms with Crippen LogP contribution in [0.2, 0.25) is 0 Å². The van der Waals surface area contributed by atoms with Crippen LogP contribution in [0.15, 0.2) is 4.99 Å². The quantitative estimate of drug-likeness (QED) is 0.458. The SMILES string of the molecule is CCNC(=NCCNC(=O)C1CC1)N1CC(C)CC(C)C1. The van der Waals surface area contributed by atoms with Crippen LogP contribution in [-0.2, 0) is 4.79 Å². The van der Waals surface area contributed by atoms with E-state index in [1.165, 1.54) is 6.42 Å². The van der Waals surface area contributed by atoms with Gasteiger partial charge < -0.3 is 15.5 Å². The van der Waals surface area contributed by atoms with Gasteiger partial charge >= 0.3 is 0 Å². The highest BCUT2D eigenvalue weighted by Crippen LogP contribution is 2.28. The van der Waals surface area contributed by atoms with Crippen LogP contribution in [0.4, 0.5) is 0 Å². The Balaban J connectivity index is 1.81. The molecule has 0 radical (unpaired) electrons. The number of hydrogen-bond acceptors (Lipinski definition) is 2. The van der Waals surface area contributed by atoms with Gasteiger partial charge in [-0.15, -0.1) is 0 Å². The van der Waals surface area contributed by atoms with E-state index >= 15 is 0 Å². The molecule has 0 bridgehead atoms. The summed E-state index contributed by atoms with van der Waals surface area (Å²) >= 11 is 0. The van der Waals surface area contributed by atoms with E-state index in [2.05, 4.69) is 41.3 Å². The van der Waals surface area contributed by atoms with Gasteiger partial charge in [-0.25, -0.2) is 0 Å². The molecule has 1 aliphatic heterocycles. The molecule has 2 N–H and O–H groups in total. The Morgan fingerprint density at radius 1 is 1.19 bits per heavy atom. The Bertz CT molecular complexity index is 368. The molecule has 1 saturated heterocycles. The topological polar surface area (TPSA) is 56.7 Å². The van der Waals surface area contributed by atoms with E-state index < -0.39 is 0 Å². The lowest BCUT2D eigenvalue weighted by atomic mass is 9.92. The molecule has 1 aliphatic carbocycles. The number of hydrogen-bond donors (Lipinski definition) is 2. The van der Waals surface area contributed by atoms with Crippen molar-refractivity contribution in [1.29, 1.82) is 0 Å². The monoisotopic (exact) mass is 294 g/mol. The normalized spacial score (nSPS) is 26.6. The number of amides is 1. The molecule has 5 heteroatoms. The second-order valence-electron chi connectivity index (χ2n) is 6.65. The number of guanidine groups is 1. The van der Waals surface area contributed by atoms with E-state index in [1.807, 2.05) is 0 Å². The van der Waals surface area contributed by atoms with Crippen molar-refractivity contribution in [2.75, 3.05) is 32.7 Å². The lowest BCUT2D eigenvalue weighted by molar-refractivity contribution is -0.122. The largest absolute Gasteiger partial charge is 0.357 e. The fourth-order valence-corrected chi connectivity index (χ4v) is 3.09. The summed E-state index contributed by atoms with van der Waals surface area (Å²) in [5, 5.41) is 6.35. The summed E-state index contributed by atoms with van der Waals surface area (Å²) in [5.41, 5.74) is 0. The van der Waals surface area contributed by atoms with Gasteiger partial charge in [-0.1, -0.05) is 13.8 Å². The smallest absolute Gasteiger partial charge is 0.223 e. The highest BCUT2D eigenvalue weighted by molar-refractivity contribution is 5.81. The van der Waals surface area contributed by atoms with E-state index in [9.17, 15) is 4.79 Å². The van der Waals surface area contributed by atoms with Crippen LogP contribution in [0.1, 0.15) is 40.0 Å². The minimum absolute atomic E-state index is 0.204. The van der Waals surface area contributed by atoms with Gasteiger partial charge in [0.15, 0.2) is 5.96 Å². The van der Waals surface area contributed by atoms with E-state index in [4.69, 9.17) is 0 Å². The minimum atomic E-state index is 0.204. The van der Waals surface area contributed by atoms with Gasteiger partial charge in [-0.2, -0.15) is 0 Å². The summed E-state index contributed by atoms with van der Waals surface area (Å²) in [6.45, 7) is 11.0. The minimum Gasteiger partial charge on any atom is -0.357 e. The number of piperidine rings is 1. The molecule has 2 atom stereocenters. The molecule has 2 aliphatic rings. The van der Waals surface area contributed by atoms with Crippen LogP contribution in [0, 0.1) is 17.8 Å². The first-order valence-electron chi connectivity index (χ1n) is 8.41. The third-order valence-corrected chi connectivity index (χ3v) is 4.12. The Morgan fingerprint density at radius 2 is 1.86 bits per heavy atom. The van der Waals surface area contributed by atoms with Gasteiger partial charge in [0.05, 0.1) is 6.54 Å². The van der Waals surface area contributed by atoms with Gasteiger partial charge in [0.2, 0.25) is 5.91 Å². The first-order valence-corrected chi connectivity index (χ1v) is 8.41. The zero-order valence-corrected chi connectivity index (χ0v) is 13.7. The molecule has 1 heterocycles. The maximum atomic E-state index is 11.6. The van der Waals surface area contributed by atoms with Crippen molar-refractivity contribution in [3.8, 4) is 0 Å². The lowest BCUT2D eigenvalue weighted by Gasteiger charge is -2.37. The number of carbonyl (C=O) groups excluding carboxylic acids is 1. The average Bonchev–Trinajstić information content (AvgIpc) is 3.25. The summed E-state index contributed by atoms with van der Waals surface area (Å²) < 4.78 is 0. The van der Waals surface area contributed by atoms with Gasteiger partial charge in [0.1, 0.15) is 0 Å². The van der Waals surface area contributed by atoms with Gasteiger partial charge in [-0.05, 0) is 38.0 Å². The van der Waals surface area contributed by atoms with Crippen LogP contribution in [0.5, 0.6) is 0 Å². The summed E-state index contributed by atoms with van der Waals surface area (Å²) in [6, 6.07) is 0. The number of aliphatic imine (C=N–C) groups is 1. The number of carbonyl (C=O) groups is 1. The molecule has 0 aromatic rings. The summed E-state index contributed by atoms with van der Waals surface area (Å²) in [7, 11) is 0. The van der Waals surface area contributed by atoms with Crippen molar-refractivity contribution in [2.24, 2.45) is 22.7 Å². The summed E-state index contributed by atoms with van der Waals surface area (Å²) in [5.74, 6) is 2.91. The highest BCUT2D eigenvalue weighted by atomic mass is 16.2. The van der Waals surface area contributed by atoms with Gasteiger partial charge in [-0.3, -0.25) is 9.79 Å². The Labute approximate surface area is 128 Å². The molecule has 1 saturated carbocycles. The second kappa shape index (κ2) is 7.66. The number of likely N-dealkylation sites (tertiary alicyclic amines) is 1. The van der Waals surface area contributed by atoms with E-state index in [0.29, 0.717) is 24.9 Å². The molecular formula is C16H30N4O. The Kier molecular flexibility index (Phi) is 5.88. The van der Waals surface area contributed by atoms with E-state index in [1.54, 1.807) is 0 Å². The molecular weight excluding hydrogens is 264 g/mol. The molecule has 0 aromatic carbocycles. The predicted molar refractivity (Wildman–Crippen MR) is 86.2 cm³/mol. The molecule has 2 fully saturated rings. The molecule has 2 unspecified atom stereocenters. The molecule has 1 amide bonds. The van der Waals surface area contributed by atoms with Crippen LogP contribution >= 0.6 is 0 Å². The molecule has 0 aromatic heterocycles. The van der Waals surface area contributed by atoms with Crippen molar-refractivity contribution >= 4 is 11.9 Å². The van der Waals surface area contributed by atoms with E-state index in [0.717, 1.165) is 38.4 Å². The highest BCUT2D eigenvalue weighted by Gasteiger charge is 2.29. The van der Waals surface area contributed by atoms with Crippen molar-refractivity contribution in [2.45, 2.75) is 40.0 Å². The number of rotatable bonds is 5. The summed E-state index contributed by atoms with van der Waals surface area (Å²) in [6.07, 6.45) is 3.41. The van der Waals surface area contributed by atoms with Crippen LogP contribution < -0.4 is 10.6 Å². The molecule has 21 heavy (non-hydrogen) atoms. The maximum Gasteiger partial charge on any atom is 0.223 e. The van der Waals surface area contributed by atoms with Crippen molar-refractivity contribution in [3.05, 3.63) is 0 Å². The first kappa shape index (κ1) is 16.1. The fourth-order valence-electron chi connectivity index (χ4n) is 3.09. The van der Waals surface area contributed by atoms with Crippen molar-refractivity contribution < 1.29 is 4.79 Å². The summed E-state index contributed by atoms with van der Waals surface area (Å²) in [4.78, 5) is 18.6. The van der Waals surface area contributed by atoms with Crippen LogP contribution in [-0.4, -0.2) is 49.5 Å². The third-order valence-electron chi connectivity index (χ3n) is 4.12. The molecule has 120 valence electrons. The maximum absolute atomic E-state index is 11.6. The second-order valence-corrected chi connectivity index (χ2v) is 6.65. The molecule has 5 nitrogen and oxygen atoms in total. The zero-order chi connectivity index (χ0) is 15.2. The Hall–Kier alpha value is -1.26. The number of nitrogens with one attached hydrogen (secondary N) is 2. The zero-order valence-electron chi connectivity index (χ0n) is 13.7. The molecule has 0 spiro atoms. The first-order chi connectivity index (χ1) is 10.1. The third kappa shape index (κ3) is 5.21. The lowest BCUT2D eigenvalue weighted by Crippen LogP contribution is -2.48. The van der Waals surface area contributed by atoms with Crippen LogP contribution in [0.25, 0.3) is 0 Å². The standard InChI is InChI=1S/C16H30N4O/c1-4-17-16(20-10-12(2)9-13(3)11-20)19-8-7-18-15(21)14-5-6-14/h12-14H,4-11H2,1-3H3,(H,17,19)(H,18,21). The fraction of sp³-hybridized carbons (Fsp3) is 0.875. The molecule has 2 rings (SSSR count). The predicted octanol–water partition coefficient (Wildman–Crippen LogP) is 1.46.